The van der Waals surface area contributed by atoms with Crippen LogP contribution in [-0.2, 0) is 4.79 Å². The number of rotatable bonds is 3. The molecule has 0 saturated heterocycles. The molecule has 0 aliphatic carbocycles. The second kappa shape index (κ2) is 4.79. The summed E-state index contributed by atoms with van der Waals surface area (Å²) in [6.07, 6.45) is 6.16. The summed E-state index contributed by atoms with van der Waals surface area (Å²) >= 11 is 0. The van der Waals surface area contributed by atoms with Gasteiger partial charge < -0.3 is 5.73 Å². The maximum Gasteiger partial charge on any atom is 0.248 e. The summed E-state index contributed by atoms with van der Waals surface area (Å²) in [6.45, 7) is 3.82. The first-order chi connectivity index (χ1) is 4.72. The maximum absolute atomic E-state index is 10.6. The van der Waals surface area contributed by atoms with Gasteiger partial charge in [-0.15, -0.1) is 0 Å². The van der Waals surface area contributed by atoms with Gasteiger partial charge in [-0.3, -0.25) is 4.79 Å². The van der Waals surface area contributed by atoms with Gasteiger partial charge in [-0.1, -0.05) is 25.2 Å². The average Bonchev–Trinajstić information content (AvgIpc) is 1.87. The molecule has 0 saturated carbocycles. The van der Waals surface area contributed by atoms with Gasteiger partial charge in [0.05, 0.1) is 0 Å². The van der Waals surface area contributed by atoms with E-state index in [1.54, 1.807) is 12.2 Å². The van der Waals surface area contributed by atoms with Crippen LogP contribution < -0.4 is 5.73 Å². The number of amides is 1. The molecule has 0 unspecified atom stereocenters. The number of primary amides is 1. The summed E-state index contributed by atoms with van der Waals surface area (Å²) in [5.74, 6) is -0.361. The second-order valence-corrected chi connectivity index (χ2v) is 1.93. The lowest BCUT2D eigenvalue weighted by Gasteiger charge is -1.92. The zero-order chi connectivity index (χ0) is 7.98. The third-order valence-corrected chi connectivity index (χ3v) is 1.05. The minimum Gasteiger partial charge on any atom is -0.366 e. The van der Waals surface area contributed by atoms with Crippen molar-refractivity contribution in [2.24, 2.45) is 5.73 Å². The molecular formula is C8H13NO. The zero-order valence-corrected chi connectivity index (χ0v) is 6.42. The highest BCUT2D eigenvalue weighted by atomic mass is 16.1. The fourth-order valence-corrected chi connectivity index (χ4v) is 0.650. The summed E-state index contributed by atoms with van der Waals surface area (Å²) in [6, 6.07) is 0. The van der Waals surface area contributed by atoms with Crippen molar-refractivity contribution in [3.63, 3.8) is 0 Å². The molecular weight excluding hydrogens is 126 g/mol. The van der Waals surface area contributed by atoms with Crippen molar-refractivity contribution in [1.82, 2.24) is 0 Å². The van der Waals surface area contributed by atoms with Crippen LogP contribution in [-0.4, -0.2) is 5.91 Å². The van der Waals surface area contributed by atoms with Crippen molar-refractivity contribution in [1.29, 1.82) is 0 Å². The third kappa shape index (κ3) is 3.07. The molecule has 0 bridgehead atoms. The Morgan fingerprint density at radius 1 is 1.60 bits per heavy atom. The zero-order valence-electron chi connectivity index (χ0n) is 6.42. The van der Waals surface area contributed by atoms with Crippen molar-refractivity contribution < 1.29 is 4.79 Å². The number of carbonyl (C=O) groups excluding carboxylic acids is 1. The van der Waals surface area contributed by atoms with E-state index in [0.717, 1.165) is 6.42 Å². The van der Waals surface area contributed by atoms with E-state index in [2.05, 4.69) is 0 Å². The number of nitrogens with two attached hydrogens (primary N) is 1. The Balaban J connectivity index is 4.26. The topological polar surface area (TPSA) is 43.1 Å². The molecule has 0 aromatic heterocycles. The van der Waals surface area contributed by atoms with Crippen LogP contribution in [0.3, 0.4) is 0 Å². The third-order valence-electron chi connectivity index (χ3n) is 1.05. The van der Waals surface area contributed by atoms with Crippen LogP contribution in [0.1, 0.15) is 20.3 Å². The maximum atomic E-state index is 10.6. The summed E-state index contributed by atoms with van der Waals surface area (Å²) in [4.78, 5) is 10.6. The fourth-order valence-electron chi connectivity index (χ4n) is 0.650. The highest BCUT2D eigenvalue weighted by Gasteiger charge is 1.96. The van der Waals surface area contributed by atoms with Gasteiger partial charge in [0.2, 0.25) is 5.91 Å². The van der Waals surface area contributed by atoms with Gasteiger partial charge in [0.15, 0.2) is 0 Å². The normalized spacial score (nSPS) is 12.4. The first kappa shape index (κ1) is 8.95. The minimum atomic E-state index is -0.361. The Kier molecular flexibility index (Phi) is 4.29. The van der Waals surface area contributed by atoms with Crippen molar-refractivity contribution in [2.45, 2.75) is 20.3 Å². The van der Waals surface area contributed by atoms with E-state index in [0.29, 0.717) is 5.57 Å². The molecule has 0 radical (unpaired) electrons. The van der Waals surface area contributed by atoms with Crippen LogP contribution in [0.5, 0.6) is 0 Å². The highest BCUT2D eigenvalue weighted by molar-refractivity contribution is 5.94. The molecule has 0 rings (SSSR count). The molecule has 0 fully saturated rings. The number of carbonyl (C=O) groups is 1. The van der Waals surface area contributed by atoms with E-state index in [1.165, 1.54) is 0 Å². The highest BCUT2D eigenvalue weighted by Crippen LogP contribution is 1.96. The molecule has 0 aromatic carbocycles. The van der Waals surface area contributed by atoms with Gasteiger partial charge in [-0.2, -0.15) is 0 Å². The molecule has 2 heteroatoms. The van der Waals surface area contributed by atoms with Crippen molar-refractivity contribution in [3.8, 4) is 0 Å². The Bertz CT molecular complexity index is 168. The standard InChI is InChI=1S/C8H13NO/c1-3-5-7(6-4-2)8(9)10/h3,5-6H,4H2,1-2H3,(H2,9,10)/b5-3-,7-6+. The lowest BCUT2D eigenvalue weighted by molar-refractivity contribution is -0.114. The molecule has 0 aliphatic rings. The SMILES string of the molecule is C/C=C\C(=C/CC)C(N)=O. The molecule has 1 amide bonds. The van der Waals surface area contributed by atoms with E-state index in [1.807, 2.05) is 19.9 Å². The van der Waals surface area contributed by atoms with Gasteiger partial charge in [0.25, 0.3) is 0 Å². The Hall–Kier alpha value is -1.05. The molecule has 2 nitrogen and oxygen atoms in total. The van der Waals surface area contributed by atoms with Crippen LogP contribution in [0.25, 0.3) is 0 Å². The van der Waals surface area contributed by atoms with Crippen LogP contribution in [0.15, 0.2) is 23.8 Å². The van der Waals surface area contributed by atoms with Crippen molar-refractivity contribution in [2.75, 3.05) is 0 Å². The largest absolute Gasteiger partial charge is 0.366 e. The Labute approximate surface area is 61.4 Å². The predicted octanol–water partition coefficient (Wildman–Crippen LogP) is 1.38. The quantitative estimate of drug-likeness (QED) is 0.466. The molecule has 0 aromatic rings. The molecule has 0 heterocycles. The van der Waals surface area contributed by atoms with Crippen molar-refractivity contribution >= 4 is 5.91 Å². The lowest BCUT2D eigenvalue weighted by Crippen LogP contribution is -2.12. The Morgan fingerprint density at radius 2 is 2.20 bits per heavy atom. The van der Waals surface area contributed by atoms with E-state index >= 15 is 0 Å². The van der Waals surface area contributed by atoms with Gasteiger partial charge in [0, 0.05) is 5.57 Å². The summed E-state index contributed by atoms with van der Waals surface area (Å²) in [7, 11) is 0. The fraction of sp³-hybridized carbons (Fsp3) is 0.375. The summed E-state index contributed by atoms with van der Waals surface area (Å²) in [5.41, 5.74) is 5.64. The summed E-state index contributed by atoms with van der Waals surface area (Å²) < 4.78 is 0. The molecule has 10 heavy (non-hydrogen) atoms. The molecule has 0 spiro atoms. The van der Waals surface area contributed by atoms with Crippen molar-refractivity contribution in [3.05, 3.63) is 23.8 Å². The number of allylic oxidation sites excluding steroid dienone is 2. The van der Waals surface area contributed by atoms with Gasteiger partial charge in [-0.05, 0) is 13.3 Å². The van der Waals surface area contributed by atoms with Crippen LogP contribution in [0, 0.1) is 0 Å². The van der Waals surface area contributed by atoms with Crippen LogP contribution in [0.4, 0.5) is 0 Å². The first-order valence-corrected chi connectivity index (χ1v) is 3.35. The molecule has 56 valence electrons. The summed E-state index contributed by atoms with van der Waals surface area (Å²) in [5, 5.41) is 0. The Morgan fingerprint density at radius 3 is 2.50 bits per heavy atom. The molecule has 0 aliphatic heterocycles. The van der Waals surface area contributed by atoms with Gasteiger partial charge in [0.1, 0.15) is 0 Å². The average molecular weight is 139 g/mol. The smallest absolute Gasteiger partial charge is 0.248 e. The van der Waals surface area contributed by atoms with E-state index in [9.17, 15) is 4.79 Å². The van der Waals surface area contributed by atoms with Crippen LogP contribution in [0.2, 0.25) is 0 Å². The number of hydrogen-bond acceptors (Lipinski definition) is 1. The number of hydrogen-bond donors (Lipinski definition) is 1. The van der Waals surface area contributed by atoms with E-state index in [4.69, 9.17) is 5.73 Å². The van der Waals surface area contributed by atoms with Gasteiger partial charge in [-0.25, -0.2) is 0 Å². The minimum absolute atomic E-state index is 0.361. The first-order valence-electron chi connectivity index (χ1n) is 3.35. The lowest BCUT2D eigenvalue weighted by atomic mass is 10.2. The molecule has 2 N–H and O–H groups in total. The van der Waals surface area contributed by atoms with E-state index in [-0.39, 0.29) is 5.91 Å². The van der Waals surface area contributed by atoms with Crippen LogP contribution >= 0.6 is 0 Å². The monoisotopic (exact) mass is 139 g/mol. The van der Waals surface area contributed by atoms with Gasteiger partial charge >= 0.3 is 0 Å². The second-order valence-electron chi connectivity index (χ2n) is 1.93. The predicted molar refractivity (Wildman–Crippen MR) is 42.4 cm³/mol. The van der Waals surface area contributed by atoms with E-state index < -0.39 is 0 Å². The molecule has 0 atom stereocenters.